The summed E-state index contributed by atoms with van der Waals surface area (Å²) in [6.07, 6.45) is 0.137. The second-order valence-electron chi connectivity index (χ2n) is 10.5. The lowest BCUT2D eigenvalue weighted by Gasteiger charge is -2.37. The van der Waals surface area contributed by atoms with E-state index >= 15 is 0 Å². The van der Waals surface area contributed by atoms with Gasteiger partial charge in [0, 0.05) is 37.4 Å². The molecule has 0 spiro atoms. The van der Waals surface area contributed by atoms with Crippen LogP contribution in [0, 0.1) is 0 Å². The lowest BCUT2D eigenvalue weighted by Crippen LogP contribution is -2.42. The molecule has 0 aliphatic carbocycles. The third-order valence-corrected chi connectivity index (χ3v) is 7.43. The average Bonchev–Trinajstić information content (AvgIpc) is 3.28. The Bertz CT molecular complexity index is 1180. The zero-order valence-electron chi connectivity index (χ0n) is 23.5. The van der Waals surface area contributed by atoms with E-state index in [1.54, 1.807) is 27.2 Å². The third-order valence-electron chi connectivity index (χ3n) is 6.54. The molecule has 0 bridgehead atoms. The van der Waals surface area contributed by atoms with Crippen LogP contribution in [0.2, 0.25) is 0 Å². The summed E-state index contributed by atoms with van der Waals surface area (Å²) in [5.74, 6) is 0.478. The molecular formula is C28H38N4O6S. The van der Waals surface area contributed by atoms with Crippen LogP contribution in [0.4, 0.5) is 0 Å². The SMILES string of the molecule is COc1cccc(C2C(C(=O)OC(C)(C)C)=C(C)N=C3SC=C(CC(=O)NCCN4CCOCC4)N32)c1OC. The molecule has 39 heavy (non-hydrogen) atoms. The summed E-state index contributed by atoms with van der Waals surface area (Å²) in [5.41, 5.74) is 1.70. The molecule has 0 radical (unpaired) electrons. The number of rotatable bonds is 9. The minimum Gasteiger partial charge on any atom is -0.493 e. The zero-order chi connectivity index (χ0) is 28.2. The van der Waals surface area contributed by atoms with Gasteiger partial charge in [-0.1, -0.05) is 23.9 Å². The van der Waals surface area contributed by atoms with Crippen LogP contribution < -0.4 is 14.8 Å². The first-order valence-electron chi connectivity index (χ1n) is 13.1. The van der Waals surface area contributed by atoms with E-state index in [4.69, 9.17) is 23.9 Å². The predicted octanol–water partition coefficient (Wildman–Crippen LogP) is 3.46. The normalized spacial score (nSPS) is 19.7. The topological polar surface area (TPSA) is 102 Å². The van der Waals surface area contributed by atoms with Crippen molar-refractivity contribution >= 4 is 28.8 Å². The number of allylic oxidation sites excluding steroid dienone is 1. The van der Waals surface area contributed by atoms with Gasteiger partial charge in [-0.05, 0) is 39.2 Å². The fourth-order valence-corrected chi connectivity index (χ4v) is 5.75. The van der Waals surface area contributed by atoms with Crippen LogP contribution >= 0.6 is 11.8 Å². The average molecular weight is 559 g/mol. The standard InChI is InChI=1S/C28H38N4O6S/c1-18-23(26(34)38-28(2,3)4)24(20-8-7-9-21(35-5)25(20)36-6)32-19(17-39-27(32)30-18)16-22(33)29-10-11-31-12-14-37-15-13-31/h7-9,17,24H,10-16H2,1-6H3,(H,29,33). The van der Waals surface area contributed by atoms with Crippen LogP contribution in [0.5, 0.6) is 11.5 Å². The van der Waals surface area contributed by atoms with Gasteiger partial charge in [-0.25, -0.2) is 9.79 Å². The molecule has 3 heterocycles. The molecule has 0 aromatic heterocycles. The Hall–Kier alpha value is -3.02. The molecule has 0 saturated carbocycles. The number of morpholine rings is 1. The van der Waals surface area contributed by atoms with Crippen LogP contribution in [0.3, 0.4) is 0 Å². The maximum atomic E-state index is 13.6. The molecule has 1 saturated heterocycles. The van der Waals surface area contributed by atoms with Crippen molar-refractivity contribution < 1.29 is 28.5 Å². The van der Waals surface area contributed by atoms with Crippen molar-refractivity contribution in [2.45, 2.75) is 45.8 Å². The van der Waals surface area contributed by atoms with E-state index in [1.165, 1.54) is 11.8 Å². The van der Waals surface area contributed by atoms with E-state index in [0.717, 1.165) is 38.5 Å². The molecule has 10 nitrogen and oxygen atoms in total. The van der Waals surface area contributed by atoms with Gasteiger partial charge in [0.15, 0.2) is 16.7 Å². The van der Waals surface area contributed by atoms with Gasteiger partial charge in [0.1, 0.15) is 5.60 Å². The first-order valence-corrected chi connectivity index (χ1v) is 14.0. The van der Waals surface area contributed by atoms with Crippen LogP contribution in [-0.2, 0) is 19.1 Å². The highest BCUT2D eigenvalue weighted by Gasteiger charge is 2.43. The molecule has 1 amide bonds. The Labute approximate surface area is 234 Å². The molecular weight excluding hydrogens is 520 g/mol. The summed E-state index contributed by atoms with van der Waals surface area (Å²) in [7, 11) is 3.14. The minimum absolute atomic E-state index is 0.0993. The quantitative estimate of drug-likeness (QED) is 0.457. The van der Waals surface area contributed by atoms with Gasteiger partial charge >= 0.3 is 5.97 Å². The molecule has 1 atom stereocenters. The van der Waals surface area contributed by atoms with E-state index in [1.807, 2.05) is 43.2 Å². The van der Waals surface area contributed by atoms with Crippen molar-refractivity contribution in [3.05, 3.63) is 46.1 Å². The van der Waals surface area contributed by atoms with Gasteiger partial charge in [0.25, 0.3) is 0 Å². The zero-order valence-corrected chi connectivity index (χ0v) is 24.4. The first-order chi connectivity index (χ1) is 18.6. The number of para-hydroxylation sites is 1. The van der Waals surface area contributed by atoms with E-state index in [-0.39, 0.29) is 12.3 Å². The van der Waals surface area contributed by atoms with Gasteiger partial charge in [-0.15, -0.1) is 0 Å². The fraction of sp³-hybridized carbons (Fsp3) is 0.536. The number of carbonyl (C=O) groups is 2. The van der Waals surface area contributed by atoms with E-state index in [0.29, 0.717) is 40.0 Å². The maximum Gasteiger partial charge on any atom is 0.338 e. The number of amidine groups is 1. The van der Waals surface area contributed by atoms with Gasteiger partial charge in [0.2, 0.25) is 5.91 Å². The minimum atomic E-state index is -0.698. The largest absolute Gasteiger partial charge is 0.493 e. The van der Waals surface area contributed by atoms with Crippen molar-refractivity contribution in [1.29, 1.82) is 0 Å². The molecule has 1 fully saturated rings. The van der Waals surface area contributed by atoms with Crippen LogP contribution in [0.25, 0.3) is 0 Å². The number of hydrogen-bond acceptors (Lipinski definition) is 10. The molecule has 212 valence electrons. The Balaban J connectivity index is 1.63. The lowest BCUT2D eigenvalue weighted by atomic mass is 9.92. The number of aliphatic imine (C=N–C) groups is 1. The van der Waals surface area contributed by atoms with E-state index in [9.17, 15) is 9.59 Å². The molecule has 3 aliphatic rings. The molecule has 4 rings (SSSR count). The highest BCUT2D eigenvalue weighted by molar-refractivity contribution is 8.16. The third kappa shape index (κ3) is 6.77. The number of nitrogens with zero attached hydrogens (tertiary/aromatic N) is 3. The number of amides is 1. The van der Waals surface area contributed by atoms with E-state index in [2.05, 4.69) is 10.2 Å². The number of thioether (sulfide) groups is 1. The van der Waals surface area contributed by atoms with Gasteiger partial charge in [0.05, 0.1) is 51.2 Å². The number of ether oxygens (including phenoxy) is 4. The van der Waals surface area contributed by atoms with E-state index < -0.39 is 17.6 Å². The number of hydrogen-bond donors (Lipinski definition) is 1. The highest BCUT2D eigenvalue weighted by atomic mass is 32.2. The number of benzene rings is 1. The second-order valence-corrected chi connectivity index (χ2v) is 11.3. The van der Waals surface area contributed by atoms with Crippen LogP contribution in [0.15, 0.2) is 45.6 Å². The fourth-order valence-electron chi connectivity index (χ4n) is 4.79. The number of fused-ring (bicyclic) bond motifs is 1. The molecule has 1 aromatic rings. The number of methoxy groups -OCH3 is 2. The summed E-state index contributed by atoms with van der Waals surface area (Å²) in [4.78, 5) is 35.6. The maximum absolute atomic E-state index is 13.6. The van der Waals surface area contributed by atoms with Crippen LogP contribution in [-0.4, -0.2) is 86.1 Å². The Kier molecular flexibility index (Phi) is 9.24. The number of esters is 1. The smallest absolute Gasteiger partial charge is 0.338 e. The highest BCUT2D eigenvalue weighted by Crippen LogP contribution is 2.48. The van der Waals surface area contributed by atoms with Crippen LogP contribution in [0.1, 0.15) is 45.7 Å². The monoisotopic (exact) mass is 558 g/mol. The Morgan fingerprint density at radius 2 is 1.92 bits per heavy atom. The summed E-state index contributed by atoms with van der Waals surface area (Å²) in [5, 5.41) is 5.64. The molecule has 1 N–H and O–H groups in total. The number of carbonyl (C=O) groups excluding carboxylic acids is 2. The van der Waals surface area contributed by atoms with Crippen molar-refractivity contribution in [3.8, 4) is 11.5 Å². The summed E-state index contributed by atoms with van der Waals surface area (Å²) < 4.78 is 22.6. The predicted molar refractivity (Wildman–Crippen MR) is 151 cm³/mol. The summed E-state index contributed by atoms with van der Waals surface area (Å²) in [6, 6.07) is 4.94. The second kappa shape index (κ2) is 12.4. The Morgan fingerprint density at radius 3 is 2.59 bits per heavy atom. The van der Waals surface area contributed by atoms with Crippen molar-refractivity contribution in [2.75, 3.05) is 53.6 Å². The van der Waals surface area contributed by atoms with Gasteiger partial charge in [-0.3, -0.25) is 9.69 Å². The van der Waals surface area contributed by atoms with Crippen molar-refractivity contribution in [3.63, 3.8) is 0 Å². The number of nitrogens with one attached hydrogen (secondary N) is 1. The van der Waals surface area contributed by atoms with Crippen molar-refractivity contribution in [1.82, 2.24) is 15.1 Å². The lowest BCUT2D eigenvalue weighted by molar-refractivity contribution is -0.150. The van der Waals surface area contributed by atoms with Crippen molar-refractivity contribution in [2.24, 2.45) is 4.99 Å². The molecule has 11 heteroatoms. The molecule has 1 aromatic carbocycles. The first kappa shape index (κ1) is 29.0. The summed E-state index contributed by atoms with van der Waals surface area (Å²) in [6.45, 7) is 11.8. The molecule has 3 aliphatic heterocycles. The summed E-state index contributed by atoms with van der Waals surface area (Å²) >= 11 is 1.43. The molecule has 1 unspecified atom stereocenters. The Morgan fingerprint density at radius 1 is 1.18 bits per heavy atom. The van der Waals surface area contributed by atoms with Gasteiger partial charge in [-0.2, -0.15) is 0 Å². The van der Waals surface area contributed by atoms with Gasteiger partial charge < -0.3 is 29.2 Å².